The number of hydrogen-bond acceptors (Lipinski definition) is 4. The minimum atomic E-state index is -4.38. The molecule has 0 amide bonds. The predicted molar refractivity (Wildman–Crippen MR) is 37.7 cm³/mol. The number of nitrogens with zero attached hydrogens (tertiary/aromatic N) is 2. The van der Waals surface area contributed by atoms with Crippen LogP contribution in [0.25, 0.3) is 0 Å². The Labute approximate surface area is 70.4 Å². The van der Waals surface area contributed by atoms with E-state index in [1.54, 1.807) is 0 Å². The number of aromatic nitrogens is 2. The normalized spacial score (nSPS) is 12.0. The van der Waals surface area contributed by atoms with Gasteiger partial charge in [0.1, 0.15) is 5.01 Å². The van der Waals surface area contributed by atoms with Gasteiger partial charge in [-0.05, 0) is 6.54 Å². The topological polar surface area (TPSA) is 51.8 Å². The second-order valence-corrected chi connectivity index (χ2v) is 3.10. The van der Waals surface area contributed by atoms with Crippen molar-refractivity contribution in [3.8, 4) is 0 Å². The Balaban J connectivity index is 2.77. The molecule has 7 heteroatoms. The summed E-state index contributed by atoms with van der Waals surface area (Å²) < 4.78 is 35.8. The molecule has 1 rings (SSSR count). The third-order valence-electron chi connectivity index (χ3n) is 1.07. The lowest BCUT2D eigenvalue weighted by Crippen LogP contribution is -2.03. The Bertz CT molecular complexity index is 257. The van der Waals surface area contributed by atoms with Crippen molar-refractivity contribution in [3.63, 3.8) is 0 Å². The molecule has 1 aromatic heterocycles. The summed E-state index contributed by atoms with van der Waals surface area (Å²) in [5.74, 6) is 0. The van der Waals surface area contributed by atoms with Crippen LogP contribution in [0.2, 0.25) is 0 Å². The molecular weight excluding hydrogens is 191 g/mol. The van der Waals surface area contributed by atoms with E-state index in [0.717, 1.165) is 0 Å². The summed E-state index contributed by atoms with van der Waals surface area (Å²) in [6.07, 6.45) is -4.04. The SMILES string of the molecule is NCCc1nnc(C(F)(F)F)s1. The highest BCUT2D eigenvalue weighted by Crippen LogP contribution is 2.31. The van der Waals surface area contributed by atoms with Crippen molar-refractivity contribution in [2.75, 3.05) is 6.54 Å². The van der Waals surface area contributed by atoms with Crippen LogP contribution in [0.5, 0.6) is 0 Å². The smallest absolute Gasteiger partial charge is 0.330 e. The van der Waals surface area contributed by atoms with Crippen LogP contribution in [0.4, 0.5) is 13.2 Å². The molecule has 0 bridgehead atoms. The first-order valence-electron chi connectivity index (χ1n) is 3.13. The van der Waals surface area contributed by atoms with Gasteiger partial charge >= 0.3 is 6.18 Å². The van der Waals surface area contributed by atoms with Gasteiger partial charge in [-0.25, -0.2) is 0 Å². The summed E-state index contributed by atoms with van der Waals surface area (Å²) in [5.41, 5.74) is 5.14. The van der Waals surface area contributed by atoms with E-state index in [-0.39, 0.29) is 6.54 Å². The van der Waals surface area contributed by atoms with E-state index in [4.69, 9.17) is 5.73 Å². The highest BCUT2D eigenvalue weighted by atomic mass is 32.1. The van der Waals surface area contributed by atoms with E-state index >= 15 is 0 Å². The third-order valence-corrected chi connectivity index (χ3v) is 2.10. The van der Waals surface area contributed by atoms with E-state index in [1.807, 2.05) is 0 Å². The molecule has 2 N–H and O–H groups in total. The minimum Gasteiger partial charge on any atom is -0.330 e. The van der Waals surface area contributed by atoms with Gasteiger partial charge in [0.05, 0.1) is 0 Å². The van der Waals surface area contributed by atoms with Crippen molar-refractivity contribution < 1.29 is 13.2 Å². The molecule has 0 atom stereocenters. The van der Waals surface area contributed by atoms with E-state index in [2.05, 4.69) is 10.2 Å². The van der Waals surface area contributed by atoms with Gasteiger partial charge in [-0.1, -0.05) is 11.3 Å². The maximum absolute atomic E-state index is 11.9. The molecule has 0 radical (unpaired) electrons. The Kier molecular flexibility index (Phi) is 2.63. The first-order chi connectivity index (χ1) is 5.54. The molecule has 0 spiro atoms. The summed E-state index contributed by atoms with van der Waals surface area (Å²) in [6.45, 7) is 0.284. The van der Waals surface area contributed by atoms with Gasteiger partial charge in [0, 0.05) is 6.42 Å². The zero-order chi connectivity index (χ0) is 9.19. The maximum Gasteiger partial charge on any atom is 0.445 e. The highest BCUT2D eigenvalue weighted by molar-refractivity contribution is 7.11. The van der Waals surface area contributed by atoms with Gasteiger partial charge in [0.2, 0.25) is 5.01 Å². The van der Waals surface area contributed by atoms with E-state index in [1.165, 1.54) is 0 Å². The molecule has 1 aromatic rings. The third kappa shape index (κ3) is 2.15. The molecule has 0 saturated carbocycles. The van der Waals surface area contributed by atoms with Crippen LogP contribution < -0.4 is 5.73 Å². The van der Waals surface area contributed by atoms with E-state index < -0.39 is 11.2 Å². The zero-order valence-electron chi connectivity index (χ0n) is 5.93. The van der Waals surface area contributed by atoms with Crippen molar-refractivity contribution in [1.29, 1.82) is 0 Å². The van der Waals surface area contributed by atoms with Crippen LogP contribution in [0, 0.1) is 0 Å². The van der Waals surface area contributed by atoms with Crippen LogP contribution >= 0.6 is 11.3 Å². The van der Waals surface area contributed by atoms with Gasteiger partial charge in [-0.15, -0.1) is 10.2 Å². The largest absolute Gasteiger partial charge is 0.445 e. The molecule has 0 fully saturated rings. The fourth-order valence-electron chi connectivity index (χ4n) is 0.593. The van der Waals surface area contributed by atoms with Gasteiger partial charge in [0.15, 0.2) is 0 Å². The van der Waals surface area contributed by atoms with Gasteiger partial charge in [-0.3, -0.25) is 0 Å². The number of alkyl halides is 3. The monoisotopic (exact) mass is 197 g/mol. The molecule has 0 aliphatic carbocycles. The number of rotatable bonds is 2. The Morgan fingerprint density at radius 2 is 2.00 bits per heavy atom. The Morgan fingerprint density at radius 3 is 2.42 bits per heavy atom. The van der Waals surface area contributed by atoms with Crippen LogP contribution in [-0.2, 0) is 12.6 Å². The van der Waals surface area contributed by atoms with Crippen LogP contribution in [-0.4, -0.2) is 16.7 Å². The van der Waals surface area contributed by atoms with Crippen LogP contribution in [0.3, 0.4) is 0 Å². The number of halogens is 3. The second kappa shape index (κ2) is 3.36. The molecule has 3 nitrogen and oxygen atoms in total. The number of hydrogen-bond donors (Lipinski definition) is 1. The lowest BCUT2D eigenvalue weighted by atomic mass is 10.5. The average Bonchev–Trinajstić information content (AvgIpc) is 2.35. The van der Waals surface area contributed by atoms with E-state index in [9.17, 15) is 13.2 Å². The van der Waals surface area contributed by atoms with Crippen molar-refractivity contribution in [1.82, 2.24) is 10.2 Å². The molecule has 0 aromatic carbocycles. The van der Waals surface area contributed by atoms with Crippen molar-refractivity contribution in [3.05, 3.63) is 10.0 Å². The minimum absolute atomic E-state index is 0.284. The quantitative estimate of drug-likeness (QED) is 0.771. The van der Waals surface area contributed by atoms with E-state index in [0.29, 0.717) is 22.8 Å². The lowest BCUT2D eigenvalue weighted by Gasteiger charge is -1.97. The molecule has 68 valence electrons. The zero-order valence-corrected chi connectivity index (χ0v) is 6.74. The fourth-order valence-corrected chi connectivity index (χ4v) is 1.31. The van der Waals surface area contributed by atoms with Crippen molar-refractivity contribution >= 4 is 11.3 Å². The first-order valence-corrected chi connectivity index (χ1v) is 3.95. The van der Waals surface area contributed by atoms with Crippen molar-refractivity contribution in [2.45, 2.75) is 12.6 Å². The molecule has 1 heterocycles. The summed E-state index contributed by atoms with van der Waals surface area (Å²) in [5, 5.41) is 5.75. The first kappa shape index (κ1) is 9.40. The Morgan fingerprint density at radius 1 is 1.33 bits per heavy atom. The number of nitrogens with two attached hydrogens (primary N) is 1. The summed E-state index contributed by atoms with van der Waals surface area (Å²) in [7, 11) is 0. The summed E-state index contributed by atoms with van der Waals surface area (Å²) >= 11 is 0.537. The van der Waals surface area contributed by atoms with Gasteiger partial charge < -0.3 is 5.73 Å². The van der Waals surface area contributed by atoms with Crippen LogP contribution in [0.15, 0.2) is 0 Å². The fraction of sp³-hybridized carbons (Fsp3) is 0.600. The second-order valence-electron chi connectivity index (χ2n) is 2.04. The summed E-state index contributed by atoms with van der Waals surface area (Å²) in [6, 6.07) is 0. The van der Waals surface area contributed by atoms with Crippen molar-refractivity contribution in [2.24, 2.45) is 5.73 Å². The van der Waals surface area contributed by atoms with Gasteiger partial charge in [-0.2, -0.15) is 13.2 Å². The Hall–Kier alpha value is -0.690. The molecule has 0 aliphatic heterocycles. The molecule has 0 aliphatic rings. The molecule has 12 heavy (non-hydrogen) atoms. The lowest BCUT2D eigenvalue weighted by molar-refractivity contribution is -0.138. The predicted octanol–water partition coefficient (Wildman–Crippen LogP) is 1.06. The highest BCUT2D eigenvalue weighted by Gasteiger charge is 2.35. The van der Waals surface area contributed by atoms with Crippen LogP contribution in [0.1, 0.15) is 10.0 Å². The molecule has 0 saturated heterocycles. The molecular formula is C5H6F3N3S. The standard InChI is InChI=1S/C5H6F3N3S/c6-5(7,8)4-11-10-3(12-4)1-2-9/h1-2,9H2. The van der Waals surface area contributed by atoms with Gasteiger partial charge in [0.25, 0.3) is 0 Å². The summed E-state index contributed by atoms with van der Waals surface area (Å²) in [4.78, 5) is 0. The average molecular weight is 197 g/mol. The maximum atomic E-state index is 11.9. The molecule has 0 unspecified atom stereocenters.